The highest BCUT2D eigenvalue weighted by molar-refractivity contribution is 5.73. The second-order valence-electron chi connectivity index (χ2n) is 4.34. The number of nitrogens with zero attached hydrogens (tertiary/aromatic N) is 2. The number of carboxylic acid groups (broad SMARTS) is 1. The van der Waals surface area contributed by atoms with Gasteiger partial charge in [0.2, 0.25) is 0 Å². The Morgan fingerprint density at radius 1 is 1.25 bits per heavy atom. The normalized spacial score (nSPS) is 18.1. The van der Waals surface area contributed by atoms with Gasteiger partial charge in [-0.1, -0.05) is 30.3 Å². The molecule has 1 saturated heterocycles. The van der Waals surface area contributed by atoms with Crippen LogP contribution >= 0.6 is 0 Å². The molecule has 0 radical (unpaired) electrons. The molecule has 20 heavy (non-hydrogen) atoms. The Hall–Kier alpha value is -2.28. The van der Waals surface area contributed by atoms with Gasteiger partial charge in [0.1, 0.15) is 6.61 Å². The van der Waals surface area contributed by atoms with Gasteiger partial charge in [-0.3, -0.25) is 0 Å². The van der Waals surface area contributed by atoms with Crippen molar-refractivity contribution >= 4 is 12.2 Å². The molecule has 1 aromatic rings. The van der Waals surface area contributed by atoms with Crippen molar-refractivity contribution in [1.82, 2.24) is 10.0 Å². The molecule has 0 aliphatic carbocycles. The SMILES string of the molecule is COC1CN(C(=O)O)N(C(=O)OCc2ccccc2)C1. The Bertz CT molecular complexity index is 479. The van der Waals surface area contributed by atoms with E-state index in [1.54, 1.807) is 0 Å². The predicted octanol–water partition coefficient (Wildman–Crippen LogP) is 1.55. The minimum absolute atomic E-state index is 0.0985. The van der Waals surface area contributed by atoms with Crippen LogP contribution < -0.4 is 0 Å². The highest BCUT2D eigenvalue weighted by atomic mass is 16.6. The summed E-state index contributed by atoms with van der Waals surface area (Å²) in [5.74, 6) is 0. The first-order valence-corrected chi connectivity index (χ1v) is 6.13. The van der Waals surface area contributed by atoms with Crippen molar-refractivity contribution in [1.29, 1.82) is 0 Å². The molecule has 1 aliphatic heterocycles. The molecule has 0 aromatic heterocycles. The average molecular weight is 280 g/mol. The maximum Gasteiger partial charge on any atom is 0.429 e. The zero-order chi connectivity index (χ0) is 14.5. The smallest absolute Gasteiger partial charge is 0.429 e. The number of benzene rings is 1. The van der Waals surface area contributed by atoms with Crippen LogP contribution in [0.3, 0.4) is 0 Å². The largest absolute Gasteiger partial charge is 0.464 e. The third-order valence-electron chi connectivity index (χ3n) is 3.01. The number of carbonyl (C=O) groups excluding carboxylic acids is 1. The summed E-state index contributed by atoms with van der Waals surface area (Å²) in [5, 5.41) is 11.0. The molecule has 1 fully saturated rings. The number of carbonyl (C=O) groups is 2. The molecule has 2 amide bonds. The minimum Gasteiger partial charge on any atom is -0.464 e. The summed E-state index contributed by atoms with van der Waals surface area (Å²) in [6, 6.07) is 9.18. The molecule has 7 heteroatoms. The summed E-state index contributed by atoms with van der Waals surface area (Å²) in [7, 11) is 1.48. The lowest BCUT2D eigenvalue weighted by Gasteiger charge is -2.23. The van der Waals surface area contributed by atoms with Crippen LogP contribution in [0.15, 0.2) is 30.3 Å². The third kappa shape index (κ3) is 3.18. The monoisotopic (exact) mass is 280 g/mol. The van der Waals surface area contributed by atoms with Crippen molar-refractivity contribution in [3.63, 3.8) is 0 Å². The number of hydrogen-bond acceptors (Lipinski definition) is 4. The molecule has 1 atom stereocenters. The zero-order valence-electron chi connectivity index (χ0n) is 11.1. The van der Waals surface area contributed by atoms with Crippen molar-refractivity contribution in [3.05, 3.63) is 35.9 Å². The van der Waals surface area contributed by atoms with Gasteiger partial charge in [-0.05, 0) is 5.56 Å². The second-order valence-corrected chi connectivity index (χ2v) is 4.34. The van der Waals surface area contributed by atoms with Gasteiger partial charge in [-0.2, -0.15) is 0 Å². The Morgan fingerprint density at radius 2 is 1.90 bits per heavy atom. The summed E-state index contributed by atoms with van der Waals surface area (Å²) >= 11 is 0. The lowest BCUT2D eigenvalue weighted by Crippen LogP contribution is -2.44. The van der Waals surface area contributed by atoms with E-state index in [1.165, 1.54) is 7.11 Å². The first-order valence-electron chi connectivity index (χ1n) is 6.13. The van der Waals surface area contributed by atoms with Gasteiger partial charge in [0.15, 0.2) is 0 Å². The summed E-state index contributed by atoms with van der Waals surface area (Å²) in [5.41, 5.74) is 0.838. The van der Waals surface area contributed by atoms with Crippen molar-refractivity contribution in [2.24, 2.45) is 0 Å². The topological polar surface area (TPSA) is 79.3 Å². The van der Waals surface area contributed by atoms with Crippen LogP contribution in [-0.4, -0.2) is 53.6 Å². The average Bonchev–Trinajstić information content (AvgIpc) is 2.90. The van der Waals surface area contributed by atoms with Gasteiger partial charge >= 0.3 is 12.2 Å². The van der Waals surface area contributed by atoms with Gasteiger partial charge < -0.3 is 14.6 Å². The molecular weight excluding hydrogens is 264 g/mol. The zero-order valence-corrected chi connectivity index (χ0v) is 11.1. The van der Waals surface area contributed by atoms with Gasteiger partial charge in [0, 0.05) is 7.11 Å². The Labute approximate surface area is 116 Å². The summed E-state index contributed by atoms with van der Waals surface area (Å²) in [4.78, 5) is 23.0. The van der Waals surface area contributed by atoms with Crippen LogP contribution in [0.25, 0.3) is 0 Å². The quantitative estimate of drug-likeness (QED) is 0.908. The van der Waals surface area contributed by atoms with E-state index in [9.17, 15) is 9.59 Å². The van der Waals surface area contributed by atoms with E-state index < -0.39 is 12.2 Å². The summed E-state index contributed by atoms with van der Waals surface area (Å²) in [6.45, 7) is 0.379. The molecule has 1 heterocycles. The molecule has 7 nitrogen and oxygen atoms in total. The number of amides is 2. The highest BCUT2D eigenvalue weighted by Crippen LogP contribution is 2.15. The van der Waals surface area contributed by atoms with Gasteiger partial charge in [0.05, 0.1) is 19.2 Å². The first kappa shape index (κ1) is 14.1. The van der Waals surface area contributed by atoms with Crippen LogP contribution in [0.5, 0.6) is 0 Å². The first-order chi connectivity index (χ1) is 9.61. The van der Waals surface area contributed by atoms with Gasteiger partial charge in [-0.25, -0.2) is 19.6 Å². The molecule has 1 unspecified atom stereocenters. The molecule has 0 spiro atoms. The maximum absolute atomic E-state index is 11.9. The molecule has 1 aliphatic rings. The lowest BCUT2D eigenvalue weighted by atomic mass is 10.2. The molecular formula is C13H16N2O5. The standard InChI is InChI=1S/C13H16N2O5/c1-19-11-7-14(12(16)17)15(8-11)13(18)20-9-10-5-3-2-4-6-10/h2-6,11H,7-9H2,1H3,(H,16,17). The fourth-order valence-electron chi connectivity index (χ4n) is 1.94. The Balaban J connectivity index is 1.95. The number of rotatable bonds is 3. The summed E-state index contributed by atoms with van der Waals surface area (Å²) < 4.78 is 10.2. The number of ether oxygens (including phenoxy) is 2. The fraction of sp³-hybridized carbons (Fsp3) is 0.385. The van der Waals surface area contributed by atoms with Crippen molar-refractivity contribution in [2.45, 2.75) is 12.7 Å². The lowest BCUT2D eigenvalue weighted by molar-refractivity contribution is 0.0160. The number of hydrazine groups is 1. The Morgan fingerprint density at radius 3 is 2.50 bits per heavy atom. The maximum atomic E-state index is 11.9. The van der Waals surface area contributed by atoms with E-state index in [-0.39, 0.29) is 25.8 Å². The molecule has 1 N–H and O–H groups in total. The van der Waals surface area contributed by atoms with Crippen molar-refractivity contribution in [3.8, 4) is 0 Å². The van der Waals surface area contributed by atoms with E-state index in [0.29, 0.717) is 0 Å². The van der Waals surface area contributed by atoms with Crippen LogP contribution in [0.1, 0.15) is 5.56 Å². The second kappa shape index (κ2) is 6.25. The molecule has 1 aromatic carbocycles. The van der Waals surface area contributed by atoms with Crippen molar-refractivity contribution in [2.75, 3.05) is 20.2 Å². The minimum atomic E-state index is -1.21. The molecule has 108 valence electrons. The summed E-state index contributed by atoms with van der Waals surface area (Å²) in [6.07, 6.45) is -2.24. The van der Waals surface area contributed by atoms with E-state index in [1.807, 2.05) is 30.3 Å². The Kier molecular flexibility index (Phi) is 4.41. The fourth-order valence-corrected chi connectivity index (χ4v) is 1.94. The van der Waals surface area contributed by atoms with E-state index >= 15 is 0 Å². The van der Waals surface area contributed by atoms with Crippen LogP contribution in [0.2, 0.25) is 0 Å². The number of hydrogen-bond donors (Lipinski definition) is 1. The molecule has 2 rings (SSSR count). The molecule has 0 saturated carbocycles. The van der Waals surface area contributed by atoms with Crippen molar-refractivity contribution < 1.29 is 24.2 Å². The third-order valence-corrected chi connectivity index (χ3v) is 3.01. The van der Waals surface area contributed by atoms with Crippen LogP contribution in [0, 0.1) is 0 Å². The van der Waals surface area contributed by atoms with E-state index in [2.05, 4.69) is 0 Å². The van der Waals surface area contributed by atoms with E-state index in [4.69, 9.17) is 14.6 Å². The molecule has 0 bridgehead atoms. The number of methoxy groups -OCH3 is 1. The van der Waals surface area contributed by atoms with E-state index in [0.717, 1.165) is 15.6 Å². The van der Waals surface area contributed by atoms with Gasteiger partial charge in [-0.15, -0.1) is 0 Å². The van der Waals surface area contributed by atoms with Crippen LogP contribution in [0.4, 0.5) is 9.59 Å². The van der Waals surface area contributed by atoms with Gasteiger partial charge in [0.25, 0.3) is 0 Å². The highest BCUT2D eigenvalue weighted by Gasteiger charge is 2.37. The van der Waals surface area contributed by atoms with Crippen LogP contribution in [-0.2, 0) is 16.1 Å². The predicted molar refractivity (Wildman–Crippen MR) is 68.9 cm³/mol.